The minimum absolute atomic E-state index is 0.108. The molecule has 0 radical (unpaired) electrons. The lowest BCUT2D eigenvalue weighted by Gasteiger charge is -1.95. The second kappa shape index (κ2) is 4.16. The summed E-state index contributed by atoms with van der Waals surface area (Å²) in [6.45, 7) is 0.108. The predicted octanol–water partition coefficient (Wildman–Crippen LogP) is 1.44. The van der Waals surface area contributed by atoms with Gasteiger partial charge in [0.05, 0.1) is 0 Å². The molecule has 0 aliphatic rings. The van der Waals surface area contributed by atoms with Gasteiger partial charge in [-0.25, -0.2) is 0 Å². The number of nitrogens with two attached hydrogens (primary N) is 1. The van der Waals surface area contributed by atoms with Crippen molar-refractivity contribution in [3.8, 4) is 0 Å². The topological polar surface area (TPSA) is 72.5 Å². The molecule has 1 unspecified atom stereocenters. The Labute approximate surface area is 70.9 Å². The van der Waals surface area contributed by atoms with Crippen molar-refractivity contribution in [1.82, 2.24) is 0 Å². The molecule has 1 atom stereocenters. The molecule has 4 nitrogen and oxygen atoms in total. The second-order valence-corrected chi connectivity index (χ2v) is 2.99. The van der Waals surface area contributed by atoms with Crippen LogP contribution in [0.5, 0.6) is 0 Å². The van der Waals surface area contributed by atoms with Gasteiger partial charge in [0.15, 0.2) is 0 Å². The van der Waals surface area contributed by atoms with E-state index in [4.69, 9.17) is 10.6 Å². The standard InChI is InChI=1S/C7H8NO3P/c8-7-3-1-2-6(4-7)5-11-12(9)10/h1-4H,5,8H2/p+1. The minimum atomic E-state index is -2.52. The highest BCUT2D eigenvalue weighted by atomic mass is 31.1. The third-order valence-electron chi connectivity index (χ3n) is 1.29. The first-order valence-corrected chi connectivity index (χ1v) is 4.45. The number of hydrogen-bond donors (Lipinski definition) is 2. The maximum atomic E-state index is 10.2. The summed E-state index contributed by atoms with van der Waals surface area (Å²) in [5.41, 5.74) is 6.87. The second-order valence-electron chi connectivity index (χ2n) is 2.26. The first-order chi connectivity index (χ1) is 5.68. The average molecular weight is 186 g/mol. The van der Waals surface area contributed by atoms with Crippen molar-refractivity contribution in [2.75, 3.05) is 5.73 Å². The van der Waals surface area contributed by atoms with Gasteiger partial charge in [-0.05, 0) is 17.7 Å². The zero-order valence-electron chi connectivity index (χ0n) is 6.30. The Morgan fingerprint density at radius 3 is 2.92 bits per heavy atom. The number of rotatable bonds is 3. The summed E-state index contributed by atoms with van der Waals surface area (Å²) >= 11 is 0. The molecule has 0 bridgehead atoms. The van der Waals surface area contributed by atoms with Crippen LogP contribution in [0.1, 0.15) is 5.56 Å². The van der Waals surface area contributed by atoms with E-state index in [-0.39, 0.29) is 6.61 Å². The van der Waals surface area contributed by atoms with Crippen molar-refractivity contribution in [1.29, 1.82) is 0 Å². The summed E-state index contributed by atoms with van der Waals surface area (Å²) < 4.78 is 14.6. The van der Waals surface area contributed by atoms with Crippen molar-refractivity contribution in [3.05, 3.63) is 29.8 Å². The van der Waals surface area contributed by atoms with Crippen LogP contribution in [-0.4, -0.2) is 4.89 Å². The molecule has 0 heterocycles. The molecule has 0 amide bonds. The molecule has 1 rings (SSSR count). The van der Waals surface area contributed by atoms with Crippen LogP contribution in [0.3, 0.4) is 0 Å². The van der Waals surface area contributed by atoms with Crippen molar-refractivity contribution in [2.24, 2.45) is 0 Å². The highest BCUT2D eigenvalue weighted by Crippen LogP contribution is 2.18. The fourth-order valence-electron chi connectivity index (χ4n) is 0.813. The zero-order valence-corrected chi connectivity index (χ0v) is 7.20. The van der Waals surface area contributed by atoms with Gasteiger partial charge in [-0.1, -0.05) is 12.1 Å². The smallest absolute Gasteiger partial charge is 0.399 e. The zero-order chi connectivity index (χ0) is 8.97. The number of nitrogen functional groups attached to an aromatic ring is 1. The maximum Gasteiger partial charge on any atom is 0.695 e. The summed E-state index contributed by atoms with van der Waals surface area (Å²) in [6, 6.07) is 6.97. The summed E-state index contributed by atoms with van der Waals surface area (Å²) in [4.78, 5) is 8.34. The van der Waals surface area contributed by atoms with Gasteiger partial charge >= 0.3 is 8.25 Å². The molecule has 0 saturated heterocycles. The Bertz CT molecular complexity index is 290. The predicted molar refractivity (Wildman–Crippen MR) is 45.5 cm³/mol. The van der Waals surface area contributed by atoms with Gasteiger partial charge < -0.3 is 5.73 Å². The molecule has 0 spiro atoms. The Morgan fingerprint density at radius 2 is 2.33 bits per heavy atom. The van der Waals surface area contributed by atoms with E-state index in [1.807, 2.05) is 0 Å². The summed E-state index contributed by atoms with van der Waals surface area (Å²) in [5.74, 6) is 0. The van der Waals surface area contributed by atoms with Crippen molar-refractivity contribution >= 4 is 13.9 Å². The molecule has 0 aliphatic heterocycles. The molecule has 0 aliphatic carbocycles. The Kier molecular flexibility index (Phi) is 3.17. The van der Waals surface area contributed by atoms with Crippen LogP contribution < -0.4 is 5.73 Å². The van der Waals surface area contributed by atoms with E-state index in [0.717, 1.165) is 5.56 Å². The molecule has 1 aromatic rings. The van der Waals surface area contributed by atoms with Gasteiger partial charge in [-0.15, -0.1) is 9.42 Å². The van der Waals surface area contributed by atoms with E-state index in [1.54, 1.807) is 24.3 Å². The van der Waals surface area contributed by atoms with Crippen molar-refractivity contribution in [2.45, 2.75) is 6.61 Å². The van der Waals surface area contributed by atoms with Crippen molar-refractivity contribution < 1.29 is 14.0 Å². The van der Waals surface area contributed by atoms with E-state index in [1.165, 1.54) is 0 Å². The normalized spacial score (nSPS) is 11.2. The van der Waals surface area contributed by atoms with Gasteiger partial charge in [-0.3, -0.25) is 0 Å². The summed E-state index contributed by atoms with van der Waals surface area (Å²) in [6.07, 6.45) is 0. The molecule has 5 heteroatoms. The Hall–Kier alpha value is -0.960. The minimum Gasteiger partial charge on any atom is -0.399 e. The van der Waals surface area contributed by atoms with E-state index in [9.17, 15) is 4.57 Å². The molecule has 1 aromatic carbocycles. The third-order valence-corrected chi connectivity index (χ3v) is 1.64. The summed E-state index contributed by atoms with van der Waals surface area (Å²) in [5, 5.41) is 0. The molecule has 64 valence electrons. The molecule has 12 heavy (non-hydrogen) atoms. The molecule has 0 saturated carbocycles. The van der Waals surface area contributed by atoms with Gasteiger partial charge in [0.2, 0.25) is 0 Å². The number of benzene rings is 1. The molecule has 3 N–H and O–H groups in total. The Morgan fingerprint density at radius 1 is 1.58 bits per heavy atom. The first kappa shape index (κ1) is 9.13. The lowest BCUT2D eigenvalue weighted by Crippen LogP contribution is -1.89. The maximum absolute atomic E-state index is 10.2. The van der Waals surface area contributed by atoms with Crippen LogP contribution in [0, 0.1) is 0 Å². The average Bonchev–Trinajstić information content (AvgIpc) is 2.01. The molecular formula is C7H9NO3P+. The largest absolute Gasteiger partial charge is 0.695 e. The molecule has 0 aromatic heterocycles. The molecular weight excluding hydrogens is 177 g/mol. The van der Waals surface area contributed by atoms with Gasteiger partial charge in [0, 0.05) is 10.3 Å². The van der Waals surface area contributed by atoms with Crippen molar-refractivity contribution in [3.63, 3.8) is 0 Å². The monoisotopic (exact) mass is 186 g/mol. The molecule has 0 fully saturated rings. The van der Waals surface area contributed by atoms with E-state index < -0.39 is 8.25 Å². The number of hydrogen-bond acceptors (Lipinski definition) is 3. The summed E-state index contributed by atoms with van der Waals surface area (Å²) in [7, 11) is -2.52. The fourth-order valence-corrected chi connectivity index (χ4v) is 1.07. The van der Waals surface area contributed by atoms with Crippen LogP contribution in [0.4, 0.5) is 5.69 Å². The highest BCUT2D eigenvalue weighted by Gasteiger charge is 2.11. The van der Waals surface area contributed by atoms with E-state index in [0.29, 0.717) is 5.69 Å². The number of anilines is 1. The van der Waals surface area contributed by atoms with Crippen LogP contribution in [0.25, 0.3) is 0 Å². The Balaban J connectivity index is 2.57. The lowest BCUT2D eigenvalue weighted by molar-refractivity contribution is 0.272. The van der Waals surface area contributed by atoms with Gasteiger partial charge in [0.1, 0.15) is 6.61 Å². The van der Waals surface area contributed by atoms with E-state index >= 15 is 0 Å². The quantitative estimate of drug-likeness (QED) is 0.553. The van der Waals surface area contributed by atoms with Crippen LogP contribution in [-0.2, 0) is 15.7 Å². The van der Waals surface area contributed by atoms with Crippen LogP contribution in [0.15, 0.2) is 24.3 Å². The first-order valence-electron chi connectivity index (χ1n) is 3.32. The fraction of sp³-hybridized carbons (Fsp3) is 0.143. The van der Waals surface area contributed by atoms with Crippen LogP contribution in [0.2, 0.25) is 0 Å². The SMILES string of the molecule is Nc1cccc(CO[P+](=O)O)c1. The lowest BCUT2D eigenvalue weighted by atomic mass is 10.2. The van der Waals surface area contributed by atoms with Crippen LogP contribution >= 0.6 is 8.25 Å². The van der Waals surface area contributed by atoms with Gasteiger partial charge in [-0.2, -0.15) is 0 Å². The highest BCUT2D eigenvalue weighted by molar-refractivity contribution is 7.32. The van der Waals surface area contributed by atoms with E-state index in [2.05, 4.69) is 4.52 Å². The third kappa shape index (κ3) is 2.96. The van der Waals surface area contributed by atoms with Gasteiger partial charge in [0.25, 0.3) is 0 Å².